The average Bonchev–Trinajstić information content (AvgIpc) is 2.68. The lowest BCUT2D eigenvalue weighted by atomic mass is 9.90. The predicted octanol–water partition coefficient (Wildman–Crippen LogP) is 2.87. The van der Waals surface area contributed by atoms with Gasteiger partial charge < -0.3 is 9.88 Å². The molecule has 96 valence electrons. The molecule has 3 rings (SSSR count). The van der Waals surface area contributed by atoms with Crippen LogP contribution in [0.2, 0.25) is 0 Å². The Morgan fingerprint density at radius 2 is 1.94 bits per heavy atom. The van der Waals surface area contributed by atoms with Crippen LogP contribution in [-0.4, -0.2) is 17.7 Å². The molecule has 2 nitrogen and oxygen atoms in total. The van der Waals surface area contributed by atoms with E-state index in [1.54, 1.807) is 5.56 Å². The molecule has 2 aromatic rings. The SMILES string of the molecule is CNC1CCc2c(n(C)c3c(C)ccc(C)c23)C1. The molecule has 2 heteroatoms. The number of benzene rings is 1. The molecule has 0 aliphatic heterocycles. The molecule has 1 heterocycles. The maximum absolute atomic E-state index is 3.43. The normalized spacial score (nSPS) is 19.2. The summed E-state index contributed by atoms with van der Waals surface area (Å²) in [5.74, 6) is 0. The molecule has 1 unspecified atom stereocenters. The molecule has 1 atom stereocenters. The Morgan fingerprint density at radius 1 is 1.22 bits per heavy atom. The summed E-state index contributed by atoms with van der Waals surface area (Å²) in [6.45, 7) is 4.47. The Hall–Kier alpha value is -1.28. The van der Waals surface area contributed by atoms with Crippen LogP contribution in [0.25, 0.3) is 10.9 Å². The fraction of sp³-hybridized carbons (Fsp3) is 0.500. The van der Waals surface area contributed by atoms with Crippen molar-refractivity contribution in [2.24, 2.45) is 7.05 Å². The van der Waals surface area contributed by atoms with Crippen molar-refractivity contribution < 1.29 is 0 Å². The first kappa shape index (κ1) is 11.8. The first-order valence-electron chi connectivity index (χ1n) is 6.87. The third kappa shape index (κ3) is 1.52. The van der Waals surface area contributed by atoms with Gasteiger partial charge in [0.1, 0.15) is 0 Å². The lowest BCUT2D eigenvalue weighted by Gasteiger charge is -2.23. The van der Waals surface area contributed by atoms with Crippen molar-refractivity contribution in [3.8, 4) is 0 Å². The Bertz CT molecular complexity index is 607. The number of hydrogen-bond donors (Lipinski definition) is 1. The predicted molar refractivity (Wildman–Crippen MR) is 77.3 cm³/mol. The van der Waals surface area contributed by atoms with E-state index in [-0.39, 0.29) is 0 Å². The fourth-order valence-corrected chi connectivity index (χ4v) is 3.52. The van der Waals surface area contributed by atoms with Gasteiger partial charge in [-0.25, -0.2) is 0 Å². The van der Waals surface area contributed by atoms with E-state index in [9.17, 15) is 0 Å². The molecule has 0 bridgehead atoms. The Balaban J connectivity index is 2.30. The largest absolute Gasteiger partial charge is 0.347 e. The van der Waals surface area contributed by atoms with Crippen molar-refractivity contribution in [2.75, 3.05) is 7.05 Å². The molecule has 1 N–H and O–H groups in total. The summed E-state index contributed by atoms with van der Waals surface area (Å²) in [7, 11) is 4.31. The van der Waals surface area contributed by atoms with Gasteiger partial charge in [0.05, 0.1) is 5.52 Å². The van der Waals surface area contributed by atoms with Crippen molar-refractivity contribution in [1.82, 2.24) is 9.88 Å². The average molecular weight is 242 g/mol. The lowest BCUT2D eigenvalue weighted by Crippen LogP contribution is -2.32. The van der Waals surface area contributed by atoms with Crippen LogP contribution >= 0.6 is 0 Å². The molecule has 0 saturated heterocycles. The van der Waals surface area contributed by atoms with Gasteiger partial charge in [0, 0.05) is 30.6 Å². The number of nitrogens with zero attached hydrogens (tertiary/aromatic N) is 1. The maximum atomic E-state index is 3.43. The highest BCUT2D eigenvalue weighted by Crippen LogP contribution is 2.34. The quantitative estimate of drug-likeness (QED) is 0.813. The highest BCUT2D eigenvalue weighted by Gasteiger charge is 2.24. The molecule has 1 aliphatic rings. The maximum Gasteiger partial charge on any atom is 0.0515 e. The van der Waals surface area contributed by atoms with Crippen molar-refractivity contribution in [3.05, 3.63) is 34.5 Å². The molecule has 0 saturated carbocycles. The van der Waals surface area contributed by atoms with Crippen LogP contribution in [-0.2, 0) is 19.9 Å². The number of hydrogen-bond acceptors (Lipinski definition) is 1. The van der Waals surface area contributed by atoms with E-state index in [1.807, 2.05) is 0 Å². The second-order valence-electron chi connectivity index (χ2n) is 5.64. The second kappa shape index (κ2) is 4.13. The fourth-order valence-electron chi connectivity index (χ4n) is 3.52. The number of likely N-dealkylation sites (N-methyl/N-ethyl adjacent to an activating group) is 1. The van der Waals surface area contributed by atoms with Gasteiger partial charge in [-0.1, -0.05) is 12.1 Å². The van der Waals surface area contributed by atoms with Crippen molar-refractivity contribution in [1.29, 1.82) is 0 Å². The van der Waals surface area contributed by atoms with Crippen LogP contribution in [0.15, 0.2) is 12.1 Å². The van der Waals surface area contributed by atoms with Gasteiger partial charge in [0.25, 0.3) is 0 Å². The van der Waals surface area contributed by atoms with Gasteiger partial charge in [-0.2, -0.15) is 0 Å². The van der Waals surface area contributed by atoms with E-state index in [0.29, 0.717) is 6.04 Å². The van der Waals surface area contributed by atoms with E-state index in [4.69, 9.17) is 0 Å². The molecule has 18 heavy (non-hydrogen) atoms. The standard InChI is InChI=1S/C16H22N2/c1-10-5-6-11(2)16-15(10)13-8-7-12(17-3)9-14(13)18(16)4/h5-6,12,17H,7-9H2,1-4H3. The molecule has 0 spiro atoms. The summed E-state index contributed by atoms with van der Waals surface area (Å²) >= 11 is 0. The van der Waals surface area contributed by atoms with Crippen LogP contribution in [0.4, 0.5) is 0 Å². The summed E-state index contributed by atoms with van der Waals surface area (Å²) in [6, 6.07) is 5.15. The smallest absolute Gasteiger partial charge is 0.0515 e. The topological polar surface area (TPSA) is 17.0 Å². The molecule has 0 amide bonds. The minimum absolute atomic E-state index is 0.640. The monoisotopic (exact) mass is 242 g/mol. The highest BCUT2D eigenvalue weighted by molar-refractivity contribution is 5.91. The second-order valence-corrected chi connectivity index (χ2v) is 5.64. The van der Waals surface area contributed by atoms with Crippen LogP contribution in [0, 0.1) is 13.8 Å². The molecular weight excluding hydrogens is 220 g/mol. The molecule has 0 fully saturated rings. The van der Waals surface area contributed by atoms with E-state index in [1.165, 1.54) is 40.6 Å². The Labute approximate surface area is 109 Å². The minimum atomic E-state index is 0.640. The Morgan fingerprint density at radius 3 is 2.67 bits per heavy atom. The van der Waals surface area contributed by atoms with E-state index >= 15 is 0 Å². The Kier molecular flexibility index (Phi) is 2.70. The van der Waals surface area contributed by atoms with Gasteiger partial charge >= 0.3 is 0 Å². The summed E-state index contributed by atoms with van der Waals surface area (Å²) < 4.78 is 2.43. The number of rotatable bonds is 1. The van der Waals surface area contributed by atoms with E-state index < -0.39 is 0 Å². The van der Waals surface area contributed by atoms with E-state index in [2.05, 4.69) is 50.0 Å². The zero-order valence-corrected chi connectivity index (χ0v) is 11.8. The van der Waals surface area contributed by atoms with Crippen LogP contribution < -0.4 is 5.32 Å². The number of fused-ring (bicyclic) bond motifs is 3. The van der Waals surface area contributed by atoms with Gasteiger partial charge in [-0.05, 0) is 50.4 Å². The first-order valence-corrected chi connectivity index (χ1v) is 6.87. The van der Waals surface area contributed by atoms with E-state index in [0.717, 1.165) is 6.42 Å². The van der Waals surface area contributed by atoms with Crippen LogP contribution in [0.3, 0.4) is 0 Å². The van der Waals surface area contributed by atoms with Crippen molar-refractivity contribution >= 4 is 10.9 Å². The summed E-state index contributed by atoms with van der Waals surface area (Å²) in [5, 5.41) is 4.95. The van der Waals surface area contributed by atoms with Gasteiger partial charge in [0.2, 0.25) is 0 Å². The molecular formula is C16H22N2. The molecule has 1 aromatic carbocycles. The summed E-state index contributed by atoms with van der Waals surface area (Å²) in [5.41, 5.74) is 7.40. The third-order valence-electron chi connectivity index (χ3n) is 4.57. The third-order valence-corrected chi connectivity index (χ3v) is 4.57. The lowest BCUT2D eigenvalue weighted by molar-refractivity contribution is 0.485. The zero-order chi connectivity index (χ0) is 12.9. The van der Waals surface area contributed by atoms with Crippen molar-refractivity contribution in [3.63, 3.8) is 0 Å². The summed E-state index contributed by atoms with van der Waals surface area (Å²) in [6.07, 6.45) is 3.63. The first-order chi connectivity index (χ1) is 8.63. The number of aryl methyl sites for hydroxylation is 4. The highest BCUT2D eigenvalue weighted by atomic mass is 15.0. The minimum Gasteiger partial charge on any atom is -0.347 e. The van der Waals surface area contributed by atoms with Crippen LogP contribution in [0.5, 0.6) is 0 Å². The molecule has 1 aliphatic carbocycles. The van der Waals surface area contributed by atoms with Gasteiger partial charge in [0.15, 0.2) is 0 Å². The van der Waals surface area contributed by atoms with Gasteiger partial charge in [-0.15, -0.1) is 0 Å². The number of nitrogens with one attached hydrogen (secondary N) is 1. The van der Waals surface area contributed by atoms with Crippen molar-refractivity contribution in [2.45, 2.75) is 39.2 Å². The molecule has 1 aromatic heterocycles. The number of aromatic nitrogens is 1. The molecule has 0 radical (unpaired) electrons. The zero-order valence-electron chi connectivity index (χ0n) is 11.8. The van der Waals surface area contributed by atoms with Crippen LogP contribution in [0.1, 0.15) is 28.8 Å². The summed E-state index contributed by atoms with van der Waals surface area (Å²) in [4.78, 5) is 0. The van der Waals surface area contributed by atoms with Gasteiger partial charge in [-0.3, -0.25) is 0 Å².